The van der Waals surface area contributed by atoms with Crippen LogP contribution in [0.5, 0.6) is 0 Å². The summed E-state index contributed by atoms with van der Waals surface area (Å²) in [5.74, 6) is -0.214. The molecule has 0 unspecified atom stereocenters. The van der Waals surface area contributed by atoms with Crippen LogP contribution in [0.15, 0.2) is 28.7 Å². The second kappa shape index (κ2) is 6.01. The topological polar surface area (TPSA) is 21.6 Å². The van der Waals surface area contributed by atoms with Gasteiger partial charge in [-0.3, -0.25) is 0 Å². The molecule has 0 aliphatic carbocycles. The van der Waals surface area contributed by atoms with Gasteiger partial charge >= 0.3 is 0 Å². The Bertz CT molecular complexity index is 347. The van der Waals surface area contributed by atoms with E-state index < -0.39 is 0 Å². The van der Waals surface area contributed by atoms with Gasteiger partial charge in [0.15, 0.2) is 0 Å². The quantitative estimate of drug-likeness (QED) is 0.597. The first-order valence-corrected chi connectivity index (χ1v) is 6.21. The first-order chi connectivity index (χ1) is 7.84. The Kier molecular flexibility index (Phi) is 4.36. The molecule has 0 saturated carbocycles. The van der Waals surface area contributed by atoms with Crippen LogP contribution in [0.3, 0.4) is 0 Å². The van der Waals surface area contributed by atoms with Crippen molar-refractivity contribution in [3.05, 3.63) is 35.6 Å². The molecule has 0 N–H and O–H groups in total. The molecular weight excluding hydrogens is 225 g/mol. The fourth-order valence-corrected chi connectivity index (χ4v) is 2.27. The van der Waals surface area contributed by atoms with Crippen LogP contribution in [-0.2, 0) is 4.74 Å². The van der Waals surface area contributed by atoms with Gasteiger partial charge in [-0.15, -0.1) is 0 Å². The molecule has 4 heteroatoms. The van der Waals surface area contributed by atoms with Gasteiger partial charge < -0.3 is 4.74 Å². The molecule has 0 spiro atoms. The number of nitrogens with zero attached hydrogens (tertiary/aromatic N) is 1. The standard InChI is InChI=1S/C12H14FNOS/c13-11-3-1-10(2-4-11)9-14-16-12-5-7-15-8-6-12/h1-4,9,12H,5-8H2/b14-9+. The van der Waals surface area contributed by atoms with Gasteiger partial charge in [0.2, 0.25) is 0 Å². The van der Waals surface area contributed by atoms with Gasteiger partial charge in [-0.2, -0.15) is 0 Å². The van der Waals surface area contributed by atoms with Crippen LogP contribution in [0.25, 0.3) is 0 Å². The van der Waals surface area contributed by atoms with Crippen molar-refractivity contribution in [1.82, 2.24) is 0 Å². The van der Waals surface area contributed by atoms with Crippen molar-refractivity contribution in [2.45, 2.75) is 18.1 Å². The minimum atomic E-state index is -0.214. The van der Waals surface area contributed by atoms with E-state index in [0.717, 1.165) is 31.6 Å². The minimum absolute atomic E-state index is 0.214. The van der Waals surface area contributed by atoms with E-state index in [0.29, 0.717) is 5.25 Å². The maximum Gasteiger partial charge on any atom is 0.123 e. The van der Waals surface area contributed by atoms with Crippen molar-refractivity contribution in [3.63, 3.8) is 0 Å². The van der Waals surface area contributed by atoms with E-state index in [9.17, 15) is 4.39 Å². The van der Waals surface area contributed by atoms with Crippen LogP contribution in [0.2, 0.25) is 0 Å². The average molecular weight is 239 g/mol. The summed E-state index contributed by atoms with van der Waals surface area (Å²) in [5, 5.41) is 0.561. The lowest BCUT2D eigenvalue weighted by atomic mass is 10.2. The zero-order chi connectivity index (χ0) is 11.2. The SMILES string of the molecule is Fc1ccc(/C=N/SC2CCOCC2)cc1. The Balaban J connectivity index is 1.82. The maximum absolute atomic E-state index is 12.6. The fraction of sp³-hybridized carbons (Fsp3) is 0.417. The summed E-state index contributed by atoms with van der Waals surface area (Å²) in [6.07, 6.45) is 3.90. The van der Waals surface area contributed by atoms with Crippen LogP contribution in [0.1, 0.15) is 18.4 Å². The summed E-state index contributed by atoms with van der Waals surface area (Å²) < 4.78 is 22.2. The second-order valence-corrected chi connectivity index (χ2v) is 4.79. The molecule has 0 radical (unpaired) electrons. The van der Waals surface area contributed by atoms with Crippen molar-refractivity contribution < 1.29 is 9.13 Å². The summed E-state index contributed by atoms with van der Waals surface area (Å²) in [6.45, 7) is 1.67. The van der Waals surface area contributed by atoms with Crippen LogP contribution in [0, 0.1) is 5.82 Å². The molecule has 1 fully saturated rings. The lowest BCUT2D eigenvalue weighted by molar-refractivity contribution is 0.100. The highest BCUT2D eigenvalue weighted by Gasteiger charge is 2.13. The molecule has 1 saturated heterocycles. The molecule has 1 aromatic carbocycles. The number of hydrogen-bond donors (Lipinski definition) is 0. The lowest BCUT2D eigenvalue weighted by Crippen LogP contribution is -2.16. The molecule has 1 aliphatic rings. The number of benzene rings is 1. The third kappa shape index (κ3) is 3.61. The summed E-state index contributed by atoms with van der Waals surface area (Å²) >= 11 is 1.59. The Labute approximate surface area is 99.0 Å². The van der Waals surface area contributed by atoms with E-state index in [2.05, 4.69) is 4.40 Å². The molecule has 0 bridgehead atoms. The highest BCUT2D eigenvalue weighted by molar-refractivity contribution is 7.98. The number of hydrogen-bond acceptors (Lipinski definition) is 3. The van der Waals surface area contributed by atoms with Crippen molar-refractivity contribution in [2.24, 2.45) is 4.40 Å². The van der Waals surface area contributed by atoms with Crippen molar-refractivity contribution >= 4 is 18.2 Å². The third-order valence-corrected chi connectivity index (χ3v) is 3.45. The summed E-state index contributed by atoms with van der Waals surface area (Å²) in [5.41, 5.74) is 0.931. The van der Waals surface area contributed by atoms with E-state index in [-0.39, 0.29) is 5.82 Å². The summed E-state index contributed by atoms with van der Waals surface area (Å²) in [4.78, 5) is 0. The maximum atomic E-state index is 12.6. The van der Waals surface area contributed by atoms with Gasteiger partial charge in [-0.05, 0) is 42.5 Å². The summed E-state index contributed by atoms with van der Waals surface area (Å²) in [7, 11) is 0. The molecule has 0 amide bonds. The van der Waals surface area contributed by atoms with Crippen molar-refractivity contribution in [3.8, 4) is 0 Å². The van der Waals surface area contributed by atoms with Crippen LogP contribution < -0.4 is 0 Å². The molecule has 1 heterocycles. The highest BCUT2D eigenvalue weighted by Crippen LogP contribution is 2.22. The van der Waals surface area contributed by atoms with Crippen molar-refractivity contribution in [1.29, 1.82) is 0 Å². The molecule has 0 aromatic heterocycles. The molecule has 0 atom stereocenters. The molecule has 2 rings (SSSR count). The third-order valence-electron chi connectivity index (χ3n) is 2.45. The number of halogens is 1. The Morgan fingerprint density at radius 3 is 2.62 bits per heavy atom. The molecular formula is C12H14FNOS. The Morgan fingerprint density at radius 2 is 1.94 bits per heavy atom. The van der Waals surface area contributed by atoms with Gasteiger partial charge in [-0.1, -0.05) is 12.1 Å². The van der Waals surface area contributed by atoms with E-state index in [1.807, 2.05) is 0 Å². The normalized spacial score (nSPS) is 18.1. The second-order valence-electron chi connectivity index (χ2n) is 3.70. The first-order valence-electron chi connectivity index (χ1n) is 5.37. The van der Waals surface area contributed by atoms with Crippen LogP contribution in [0.4, 0.5) is 4.39 Å². The van der Waals surface area contributed by atoms with Gasteiger partial charge in [-0.25, -0.2) is 8.79 Å². The van der Waals surface area contributed by atoms with E-state index in [4.69, 9.17) is 4.74 Å². The summed E-state index contributed by atoms with van der Waals surface area (Å²) in [6, 6.07) is 6.34. The van der Waals surface area contributed by atoms with Crippen LogP contribution in [-0.4, -0.2) is 24.7 Å². The molecule has 1 aromatic rings. The molecule has 16 heavy (non-hydrogen) atoms. The zero-order valence-corrected chi connectivity index (χ0v) is 9.75. The molecule has 1 aliphatic heterocycles. The highest BCUT2D eigenvalue weighted by atomic mass is 32.2. The molecule has 86 valence electrons. The van der Waals surface area contributed by atoms with Gasteiger partial charge in [0.05, 0.1) is 0 Å². The predicted octanol–water partition coefficient (Wildman–Crippen LogP) is 3.07. The smallest absolute Gasteiger partial charge is 0.123 e. The monoisotopic (exact) mass is 239 g/mol. The van der Waals surface area contributed by atoms with E-state index in [1.165, 1.54) is 12.1 Å². The predicted molar refractivity (Wildman–Crippen MR) is 65.4 cm³/mol. The largest absolute Gasteiger partial charge is 0.381 e. The van der Waals surface area contributed by atoms with Gasteiger partial charge in [0.25, 0.3) is 0 Å². The fourth-order valence-electron chi connectivity index (χ4n) is 1.51. The molecule has 2 nitrogen and oxygen atoms in total. The zero-order valence-electron chi connectivity index (χ0n) is 8.93. The minimum Gasteiger partial charge on any atom is -0.381 e. The Morgan fingerprint density at radius 1 is 1.25 bits per heavy atom. The van der Waals surface area contributed by atoms with Gasteiger partial charge in [0, 0.05) is 24.7 Å². The average Bonchev–Trinajstić information content (AvgIpc) is 2.33. The lowest BCUT2D eigenvalue weighted by Gasteiger charge is -2.18. The number of rotatable bonds is 3. The van der Waals surface area contributed by atoms with E-state index >= 15 is 0 Å². The number of ether oxygens (including phenoxy) is 1. The van der Waals surface area contributed by atoms with E-state index in [1.54, 1.807) is 30.3 Å². The Hall–Kier alpha value is -0.870. The first kappa shape index (κ1) is 11.6. The van der Waals surface area contributed by atoms with Crippen LogP contribution >= 0.6 is 11.9 Å². The van der Waals surface area contributed by atoms with Gasteiger partial charge in [0.1, 0.15) is 5.82 Å². The van der Waals surface area contributed by atoms with Crippen molar-refractivity contribution in [2.75, 3.05) is 13.2 Å².